The average molecular weight is 291 g/mol. The molecule has 2 rings (SSSR count). The summed E-state index contributed by atoms with van der Waals surface area (Å²) in [6.07, 6.45) is 4.12. The van der Waals surface area contributed by atoms with E-state index in [1.165, 1.54) is 6.08 Å². The summed E-state index contributed by atoms with van der Waals surface area (Å²) in [7, 11) is 0. The molecule has 2 N–H and O–H groups in total. The molecule has 0 bridgehead atoms. The first-order chi connectivity index (χ1) is 9.88. The number of hydrogen-bond acceptors (Lipinski definition) is 3. The molecule has 1 heterocycles. The maximum atomic E-state index is 11.7. The lowest BCUT2D eigenvalue weighted by molar-refractivity contribution is -0.142. The normalized spacial score (nSPS) is 23.8. The maximum Gasteiger partial charge on any atom is 0.308 e. The predicted octanol–water partition coefficient (Wildman–Crippen LogP) is 2.64. The van der Waals surface area contributed by atoms with Crippen molar-refractivity contribution in [2.24, 2.45) is 11.8 Å². The van der Waals surface area contributed by atoms with E-state index < -0.39 is 17.9 Å². The van der Waals surface area contributed by atoms with Crippen LogP contribution in [-0.4, -0.2) is 23.0 Å². The monoisotopic (exact) mass is 291 g/mol. The lowest BCUT2D eigenvalue weighted by Gasteiger charge is -2.16. The molecule has 1 fully saturated rings. The topological polar surface area (TPSA) is 79.5 Å². The molecule has 1 aliphatic carbocycles. The minimum absolute atomic E-state index is 0.326. The Morgan fingerprint density at radius 3 is 2.67 bits per heavy atom. The van der Waals surface area contributed by atoms with Crippen molar-refractivity contribution < 1.29 is 19.1 Å². The van der Waals surface area contributed by atoms with Crippen LogP contribution in [0.4, 0.5) is 0 Å². The van der Waals surface area contributed by atoms with Crippen molar-refractivity contribution in [3.05, 3.63) is 29.7 Å². The van der Waals surface area contributed by atoms with Gasteiger partial charge in [-0.15, -0.1) is 0 Å². The van der Waals surface area contributed by atoms with Gasteiger partial charge < -0.3 is 14.8 Å². The van der Waals surface area contributed by atoms with E-state index in [-0.39, 0.29) is 5.91 Å². The lowest BCUT2D eigenvalue weighted by Crippen LogP contribution is -2.39. The van der Waals surface area contributed by atoms with Crippen molar-refractivity contribution in [2.75, 3.05) is 0 Å². The molecule has 114 valence electrons. The van der Waals surface area contributed by atoms with Gasteiger partial charge in [0.15, 0.2) is 0 Å². The Morgan fingerprint density at radius 2 is 2.10 bits per heavy atom. The minimum atomic E-state index is -0.930. The Kier molecular flexibility index (Phi) is 4.50. The predicted molar refractivity (Wildman–Crippen MR) is 78.7 cm³/mol. The van der Waals surface area contributed by atoms with Gasteiger partial charge in [0.1, 0.15) is 11.5 Å². The summed E-state index contributed by atoms with van der Waals surface area (Å²) in [4.78, 5) is 22.5. The number of carbonyl (C=O) groups is 2. The van der Waals surface area contributed by atoms with Crippen molar-refractivity contribution in [1.82, 2.24) is 5.32 Å². The first-order valence-corrected chi connectivity index (χ1v) is 7.19. The molecule has 0 aromatic carbocycles. The van der Waals surface area contributed by atoms with Gasteiger partial charge in [0.05, 0.1) is 5.92 Å². The minimum Gasteiger partial charge on any atom is -0.481 e. The van der Waals surface area contributed by atoms with Crippen molar-refractivity contribution in [2.45, 2.75) is 39.2 Å². The summed E-state index contributed by atoms with van der Waals surface area (Å²) in [5.74, 6) is 0.906. The molecular weight excluding hydrogens is 270 g/mol. The molecule has 1 aromatic heterocycles. The van der Waals surface area contributed by atoms with E-state index in [4.69, 9.17) is 9.52 Å². The van der Waals surface area contributed by atoms with Crippen LogP contribution in [0.3, 0.4) is 0 Å². The summed E-state index contributed by atoms with van der Waals surface area (Å²) in [5, 5.41) is 11.5. The van der Waals surface area contributed by atoms with Crippen LogP contribution in [0.2, 0.25) is 0 Å². The van der Waals surface area contributed by atoms with Crippen LogP contribution < -0.4 is 5.32 Å². The summed E-state index contributed by atoms with van der Waals surface area (Å²) in [5.41, 5.74) is 0. The third kappa shape index (κ3) is 3.97. The van der Waals surface area contributed by atoms with Crippen LogP contribution in [0.25, 0.3) is 6.08 Å². The number of rotatable bonds is 6. The van der Waals surface area contributed by atoms with E-state index in [0.29, 0.717) is 17.6 Å². The number of carboxylic acids is 1. The highest BCUT2D eigenvalue weighted by Gasteiger charge is 2.36. The standard InChI is InChI=1S/C16H21NO4/c1-9-8-13(9)14-6-4-12(21-14)5-7-15(18)17-11(3)10(2)16(19)20/h4-7,9-11,13H,8H2,1-3H3,(H,17,18)(H,19,20)/b7-5+. The average Bonchev–Trinajstić information content (AvgIpc) is 2.98. The highest BCUT2D eigenvalue weighted by Crippen LogP contribution is 2.47. The molecule has 5 heteroatoms. The highest BCUT2D eigenvalue weighted by molar-refractivity contribution is 5.91. The maximum absolute atomic E-state index is 11.7. The summed E-state index contributed by atoms with van der Waals surface area (Å²) in [6.45, 7) is 5.41. The van der Waals surface area contributed by atoms with Gasteiger partial charge in [0.2, 0.25) is 5.91 Å². The quantitative estimate of drug-likeness (QED) is 0.790. The fourth-order valence-electron chi connectivity index (χ4n) is 2.14. The Labute approximate surface area is 124 Å². The molecule has 1 amide bonds. The zero-order chi connectivity index (χ0) is 15.6. The second-order valence-corrected chi connectivity index (χ2v) is 5.82. The number of nitrogens with one attached hydrogen (secondary N) is 1. The van der Waals surface area contributed by atoms with Crippen molar-refractivity contribution in [1.29, 1.82) is 0 Å². The Morgan fingerprint density at radius 1 is 1.43 bits per heavy atom. The van der Waals surface area contributed by atoms with Crippen LogP contribution in [0, 0.1) is 11.8 Å². The zero-order valence-electron chi connectivity index (χ0n) is 12.5. The molecule has 1 saturated carbocycles. The SMILES string of the molecule is CC1CC1c1ccc(/C=C/C(=O)NC(C)C(C)C(=O)O)o1. The summed E-state index contributed by atoms with van der Waals surface area (Å²) in [6, 6.07) is 3.35. The first-order valence-electron chi connectivity index (χ1n) is 7.19. The molecule has 4 unspecified atom stereocenters. The Balaban J connectivity index is 1.87. The van der Waals surface area contributed by atoms with E-state index in [0.717, 1.165) is 12.2 Å². The van der Waals surface area contributed by atoms with E-state index in [2.05, 4.69) is 12.2 Å². The molecule has 0 radical (unpaired) electrons. The third-order valence-corrected chi connectivity index (χ3v) is 4.03. The molecule has 0 aliphatic heterocycles. The third-order valence-electron chi connectivity index (χ3n) is 4.03. The van der Waals surface area contributed by atoms with Crippen LogP contribution in [-0.2, 0) is 9.59 Å². The van der Waals surface area contributed by atoms with Gasteiger partial charge in [0, 0.05) is 18.0 Å². The van der Waals surface area contributed by atoms with E-state index in [9.17, 15) is 9.59 Å². The molecular formula is C16H21NO4. The fraction of sp³-hybridized carbons (Fsp3) is 0.500. The fourth-order valence-corrected chi connectivity index (χ4v) is 2.14. The second kappa shape index (κ2) is 6.16. The number of aliphatic carboxylic acids is 1. The number of carboxylic acid groups (broad SMARTS) is 1. The molecule has 1 aliphatic rings. The van der Waals surface area contributed by atoms with Gasteiger partial charge >= 0.3 is 5.97 Å². The lowest BCUT2D eigenvalue weighted by atomic mass is 10.0. The summed E-state index contributed by atoms with van der Waals surface area (Å²) >= 11 is 0. The van der Waals surface area contributed by atoms with E-state index >= 15 is 0 Å². The van der Waals surface area contributed by atoms with Crippen molar-refractivity contribution in [3.63, 3.8) is 0 Å². The van der Waals surface area contributed by atoms with Gasteiger partial charge in [-0.1, -0.05) is 6.92 Å². The van der Waals surface area contributed by atoms with Gasteiger partial charge in [-0.3, -0.25) is 9.59 Å². The Hall–Kier alpha value is -2.04. The van der Waals surface area contributed by atoms with Gasteiger partial charge in [0.25, 0.3) is 0 Å². The Bertz CT molecular complexity index is 560. The smallest absolute Gasteiger partial charge is 0.308 e. The van der Waals surface area contributed by atoms with Gasteiger partial charge in [-0.05, 0) is 44.4 Å². The van der Waals surface area contributed by atoms with Crippen molar-refractivity contribution in [3.8, 4) is 0 Å². The van der Waals surface area contributed by atoms with Crippen LogP contribution in [0.5, 0.6) is 0 Å². The number of amides is 1. The van der Waals surface area contributed by atoms with E-state index in [1.807, 2.05) is 12.1 Å². The molecule has 1 aromatic rings. The van der Waals surface area contributed by atoms with Gasteiger partial charge in [-0.2, -0.15) is 0 Å². The summed E-state index contributed by atoms with van der Waals surface area (Å²) < 4.78 is 5.66. The largest absolute Gasteiger partial charge is 0.481 e. The highest BCUT2D eigenvalue weighted by atomic mass is 16.4. The van der Waals surface area contributed by atoms with Crippen LogP contribution in [0.1, 0.15) is 44.6 Å². The first kappa shape index (κ1) is 15.4. The number of furan rings is 1. The number of hydrogen-bond donors (Lipinski definition) is 2. The molecule has 5 nitrogen and oxygen atoms in total. The molecule has 0 saturated heterocycles. The number of carbonyl (C=O) groups excluding carboxylic acids is 1. The zero-order valence-corrected chi connectivity index (χ0v) is 12.5. The van der Waals surface area contributed by atoms with Crippen molar-refractivity contribution >= 4 is 18.0 Å². The second-order valence-electron chi connectivity index (χ2n) is 5.82. The molecule has 4 atom stereocenters. The van der Waals surface area contributed by atoms with E-state index in [1.54, 1.807) is 19.9 Å². The molecule has 21 heavy (non-hydrogen) atoms. The molecule has 0 spiro atoms. The van der Waals surface area contributed by atoms with Crippen LogP contribution >= 0.6 is 0 Å². The van der Waals surface area contributed by atoms with Crippen LogP contribution in [0.15, 0.2) is 22.6 Å². The van der Waals surface area contributed by atoms with Gasteiger partial charge in [-0.25, -0.2) is 0 Å².